The number of aromatic amines is 2. The second kappa shape index (κ2) is 7.90. The third-order valence-electron chi connectivity index (χ3n) is 5.70. The topological polar surface area (TPSA) is 95.2 Å². The first-order valence-electron chi connectivity index (χ1n) is 10.1. The van der Waals surface area contributed by atoms with Gasteiger partial charge >= 0.3 is 0 Å². The van der Waals surface area contributed by atoms with Gasteiger partial charge in [0.1, 0.15) is 34.2 Å². The second-order valence-corrected chi connectivity index (χ2v) is 7.88. The molecule has 0 atom stereocenters. The quantitative estimate of drug-likeness (QED) is 0.459. The molecule has 10 heteroatoms. The molecule has 0 aliphatic carbocycles. The van der Waals surface area contributed by atoms with Gasteiger partial charge in [0.25, 0.3) is 0 Å². The Hall–Kier alpha value is -3.04. The van der Waals surface area contributed by atoms with Gasteiger partial charge in [0.2, 0.25) is 0 Å². The van der Waals surface area contributed by atoms with Crippen molar-refractivity contribution in [2.45, 2.75) is 5.88 Å². The van der Waals surface area contributed by atoms with Crippen molar-refractivity contribution >= 4 is 39.6 Å². The van der Waals surface area contributed by atoms with E-state index in [-0.39, 0.29) is 5.88 Å². The zero-order valence-electron chi connectivity index (χ0n) is 17.7. The summed E-state index contributed by atoms with van der Waals surface area (Å²) < 4.78 is 11.3. The molecular formula is C21H24ClN7O2. The molecular weight excluding hydrogens is 418 g/mol. The Labute approximate surface area is 184 Å². The number of rotatable bonds is 5. The van der Waals surface area contributed by atoms with Crippen LogP contribution < -0.4 is 14.4 Å². The van der Waals surface area contributed by atoms with Gasteiger partial charge in [-0.1, -0.05) is 0 Å². The number of hydrogen-bond donors (Lipinski definition) is 2. The number of fused-ring (bicyclic) bond motifs is 2. The first kappa shape index (κ1) is 19.9. The standard InChI is InChI=1S/C21H24ClN7O2/c1-28-6-8-29(9-7-28)16-5-4-13-21(26-16)27-20(23-13)12-10-14(30-2)17-18(19(12)31-3)25-15(11-22)24-17/h4-5,10H,6-9,11H2,1-3H3,(H,24,25)(H,23,26,27). The lowest BCUT2D eigenvalue weighted by Crippen LogP contribution is -2.44. The van der Waals surface area contributed by atoms with Gasteiger partial charge < -0.3 is 29.2 Å². The van der Waals surface area contributed by atoms with Gasteiger partial charge in [-0.15, -0.1) is 11.6 Å². The van der Waals surface area contributed by atoms with Crippen molar-refractivity contribution in [1.29, 1.82) is 0 Å². The van der Waals surface area contributed by atoms with Crippen LogP contribution in [0.3, 0.4) is 0 Å². The van der Waals surface area contributed by atoms with Crippen molar-refractivity contribution in [1.82, 2.24) is 29.8 Å². The molecule has 1 aliphatic rings. The Morgan fingerprint density at radius 3 is 2.55 bits per heavy atom. The number of benzene rings is 1. The number of aromatic nitrogens is 5. The monoisotopic (exact) mass is 441 g/mol. The summed E-state index contributed by atoms with van der Waals surface area (Å²) in [4.78, 5) is 25.3. The van der Waals surface area contributed by atoms with Crippen LogP contribution in [0.25, 0.3) is 33.6 Å². The summed E-state index contributed by atoms with van der Waals surface area (Å²) in [5.41, 5.74) is 3.68. The average molecular weight is 442 g/mol. The first-order chi connectivity index (χ1) is 15.1. The van der Waals surface area contributed by atoms with E-state index in [0.717, 1.165) is 48.6 Å². The molecule has 1 aromatic carbocycles. The van der Waals surface area contributed by atoms with Crippen molar-refractivity contribution in [3.63, 3.8) is 0 Å². The summed E-state index contributed by atoms with van der Waals surface area (Å²) in [6.07, 6.45) is 0. The van der Waals surface area contributed by atoms with Crippen molar-refractivity contribution in [3.05, 3.63) is 24.0 Å². The smallest absolute Gasteiger partial charge is 0.180 e. The number of methoxy groups -OCH3 is 2. The SMILES string of the molecule is COc1cc(-c2nc3nc(N4CCN(C)CC4)ccc3[nH]2)c(OC)c2[nH]c(CCl)nc12. The number of nitrogens with zero attached hydrogens (tertiary/aromatic N) is 5. The maximum Gasteiger partial charge on any atom is 0.180 e. The molecule has 1 aliphatic heterocycles. The van der Waals surface area contributed by atoms with Crippen LogP contribution in [0, 0.1) is 0 Å². The molecule has 2 N–H and O–H groups in total. The maximum atomic E-state index is 5.98. The van der Waals surface area contributed by atoms with Crippen LogP contribution in [0.15, 0.2) is 18.2 Å². The molecule has 9 nitrogen and oxygen atoms in total. The number of nitrogens with one attached hydrogen (secondary N) is 2. The maximum absolute atomic E-state index is 5.98. The molecule has 0 amide bonds. The van der Waals surface area contributed by atoms with Gasteiger partial charge in [0.05, 0.1) is 31.2 Å². The highest BCUT2D eigenvalue weighted by Gasteiger charge is 2.22. The van der Waals surface area contributed by atoms with E-state index in [1.165, 1.54) is 0 Å². The number of imidazole rings is 2. The third-order valence-corrected chi connectivity index (χ3v) is 5.95. The minimum absolute atomic E-state index is 0.264. The summed E-state index contributed by atoms with van der Waals surface area (Å²) in [5.74, 6) is 3.74. The number of hydrogen-bond acceptors (Lipinski definition) is 7. The highest BCUT2D eigenvalue weighted by molar-refractivity contribution is 6.17. The van der Waals surface area contributed by atoms with Gasteiger partial charge in [0, 0.05) is 26.2 Å². The lowest BCUT2D eigenvalue weighted by Gasteiger charge is -2.33. The van der Waals surface area contributed by atoms with E-state index in [1.807, 2.05) is 18.2 Å². The molecule has 0 bridgehead atoms. The van der Waals surface area contributed by atoms with Crippen LogP contribution in [-0.4, -0.2) is 77.3 Å². The van der Waals surface area contributed by atoms with E-state index in [2.05, 4.69) is 31.8 Å². The van der Waals surface area contributed by atoms with Crippen LogP contribution in [0.5, 0.6) is 11.5 Å². The number of likely N-dealkylation sites (N-methyl/N-ethyl adjacent to an activating group) is 1. The highest BCUT2D eigenvalue weighted by atomic mass is 35.5. The molecule has 0 unspecified atom stereocenters. The van der Waals surface area contributed by atoms with Crippen molar-refractivity contribution in [2.75, 3.05) is 52.3 Å². The Morgan fingerprint density at radius 2 is 1.84 bits per heavy atom. The van der Waals surface area contributed by atoms with E-state index in [0.29, 0.717) is 34.3 Å². The number of halogens is 1. The van der Waals surface area contributed by atoms with E-state index in [1.54, 1.807) is 14.2 Å². The second-order valence-electron chi connectivity index (χ2n) is 7.62. The predicted octanol–water partition coefficient (Wildman–Crippen LogP) is 3.01. The zero-order valence-corrected chi connectivity index (χ0v) is 18.5. The molecule has 4 heterocycles. The van der Waals surface area contributed by atoms with Gasteiger partial charge in [0.15, 0.2) is 11.4 Å². The molecule has 0 radical (unpaired) electrons. The molecule has 0 saturated carbocycles. The number of ether oxygens (including phenoxy) is 2. The molecule has 162 valence electrons. The van der Waals surface area contributed by atoms with Crippen molar-refractivity contribution < 1.29 is 9.47 Å². The number of H-pyrrole nitrogens is 2. The van der Waals surface area contributed by atoms with E-state index in [4.69, 9.17) is 31.0 Å². The highest BCUT2D eigenvalue weighted by Crippen LogP contribution is 2.40. The molecule has 31 heavy (non-hydrogen) atoms. The molecule has 4 aromatic rings. The Kier molecular flexibility index (Phi) is 5.07. The van der Waals surface area contributed by atoms with Crippen molar-refractivity contribution in [2.24, 2.45) is 0 Å². The Balaban J connectivity index is 1.60. The predicted molar refractivity (Wildman–Crippen MR) is 121 cm³/mol. The molecule has 5 rings (SSSR count). The average Bonchev–Trinajstić information content (AvgIpc) is 3.42. The van der Waals surface area contributed by atoms with E-state index in [9.17, 15) is 0 Å². The summed E-state index contributed by atoms with van der Waals surface area (Å²) in [5, 5.41) is 0. The fourth-order valence-electron chi connectivity index (χ4n) is 3.99. The number of pyridine rings is 1. The van der Waals surface area contributed by atoms with Gasteiger partial charge in [-0.3, -0.25) is 0 Å². The van der Waals surface area contributed by atoms with Crippen LogP contribution in [0.4, 0.5) is 5.82 Å². The van der Waals surface area contributed by atoms with Crippen molar-refractivity contribution in [3.8, 4) is 22.9 Å². The number of piperazine rings is 1. The number of alkyl halides is 1. The normalized spacial score (nSPS) is 15.2. The minimum atomic E-state index is 0.264. The lowest BCUT2D eigenvalue weighted by molar-refractivity contribution is 0.312. The van der Waals surface area contributed by atoms with Crippen LogP contribution in [0.2, 0.25) is 0 Å². The summed E-state index contributed by atoms with van der Waals surface area (Å²) in [6.45, 7) is 3.96. The largest absolute Gasteiger partial charge is 0.494 e. The van der Waals surface area contributed by atoms with Crippen LogP contribution in [-0.2, 0) is 5.88 Å². The minimum Gasteiger partial charge on any atom is -0.494 e. The fraction of sp³-hybridized carbons (Fsp3) is 0.381. The van der Waals surface area contributed by atoms with Crippen LogP contribution in [0.1, 0.15) is 5.82 Å². The fourth-order valence-corrected chi connectivity index (χ4v) is 4.12. The molecule has 1 fully saturated rings. The third kappa shape index (κ3) is 3.43. The summed E-state index contributed by atoms with van der Waals surface area (Å²) in [7, 11) is 5.38. The number of anilines is 1. The summed E-state index contributed by atoms with van der Waals surface area (Å²) in [6, 6.07) is 5.94. The lowest BCUT2D eigenvalue weighted by atomic mass is 10.1. The summed E-state index contributed by atoms with van der Waals surface area (Å²) >= 11 is 5.98. The Morgan fingerprint density at radius 1 is 1.03 bits per heavy atom. The first-order valence-corrected chi connectivity index (χ1v) is 10.6. The van der Waals surface area contributed by atoms with E-state index >= 15 is 0 Å². The van der Waals surface area contributed by atoms with Crippen LogP contribution >= 0.6 is 11.6 Å². The zero-order chi connectivity index (χ0) is 21.5. The molecule has 1 saturated heterocycles. The molecule has 0 spiro atoms. The van der Waals surface area contributed by atoms with Gasteiger partial charge in [-0.2, -0.15) is 0 Å². The Bertz CT molecular complexity index is 1240. The van der Waals surface area contributed by atoms with Gasteiger partial charge in [-0.05, 0) is 25.2 Å². The molecule has 3 aromatic heterocycles. The van der Waals surface area contributed by atoms with E-state index < -0.39 is 0 Å². The van der Waals surface area contributed by atoms with Gasteiger partial charge in [-0.25, -0.2) is 15.0 Å².